The van der Waals surface area contributed by atoms with Crippen molar-refractivity contribution < 1.29 is 9.90 Å². The Morgan fingerprint density at radius 3 is 2.94 bits per heavy atom. The van der Waals surface area contributed by atoms with Gasteiger partial charge in [-0.1, -0.05) is 17.4 Å². The van der Waals surface area contributed by atoms with Gasteiger partial charge in [0.15, 0.2) is 5.13 Å². The van der Waals surface area contributed by atoms with Gasteiger partial charge in [0.05, 0.1) is 6.20 Å². The minimum atomic E-state index is -0.944. The van der Waals surface area contributed by atoms with Gasteiger partial charge in [-0.3, -0.25) is 4.98 Å². The van der Waals surface area contributed by atoms with Gasteiger partial charge in [0.25, 0.3) is 0 Å². The van der Waals surface area contributed by atoms with E-state index in [9.17, 15) is 4.79 Å². The Kier molecular flexibility index (Phi) is 3.66. The Hall–Kier alpha value is -1.95. The van der Waals surface area contributed by atoms with Crippen LogP contribution in [-0.2, 0) is 6.42 Å². The van der Waals surface area contributed by atoms with Crippen LogP contribution in [0.25, 0.3) is 0 Å². The van der Waals surface area contributed by atoms with E-state index in [1.54, 1.807) is 6.20 Å². The smallest absolute Gasteiger partial charge is 0.347 e. The number of rotatable bonds is 5. The van der Waals surface area contributed by atoms with E-state index in [2.05, 4.69) is 15.3 Å². The van der Waals surface area contributed by atoms with Gasteiger partial charge < -0.3 is 10.4 Å². The number of hydrogen-bond acceptors (Lipinski definition) is 5. The fourth-order valence-electron chi connectivity index (χ4n) is 1.30. The molecule has 0 radical (unpaired) electrons. The molecule has 0 aliphatic carbocycles. The van der Waals surface area contributed by atoms with E-state index in [1.165, 1.54) is 6.20 Å². The standard InChI is InChI=1S/C11H11N3O2S/c15-10(16)9-7-14-11(17-9)13-6-4-8-3-1-2-5-12-8/h1-3,5,7H,4,6H2,(H,13,14)(H,15,16). The molecule has 2 rings (SSSR count). The fourth-order valence-corrected chi connectivity index (χ4v) is 1.98. The Morgan fingerprint density at radius 2 is 2.29 bits per heavy atom. The zero-order chi connectivity index (χ0) is 12.1. The molecule has 0 aliphatic heterocycles. The van der Waals surface area contributed by atoms with E-state index >= 15 is 0 Å². The summed E-state index contributed by atoms with van der Waals surface area (Å²) in [6.07, 6.45) is 3.89. The molecular weight excluding hydrogens is 238 g/mol. The molecular formula is C11H11N3O2S. The molecule has 0 saturated heterocycles. The summed E-state index contributed by atoms with van der Waals surface area (Å²) < 4.78 is 0. The lowest BCUT2D eigenvalue weighted by molar-refractivity contribution is 0.0702. The summed E-state index contributed by atoms with van der Waals surface area (Å²) in [7, 11) is 0. The first-order valence-electron chi connectivity index (χ1n) is 5.08. The van der Waals surface area contributed by atoms with Crippen LogP contribution in [0.15, 0.2) is 30.6 Å². The number of pyridine rings is 1. The van der Waals surface area contributed by atoms with Crippen molar-refractivity contribution in [3.63, 3.8) is 0 Å². The van der Waals surface area contributed by atoms with Crippen molar-refractivity contribution in [2.45, 2.75) is 6.42 Å². The molecule has 5 nitrogen and oxygen atoms in total. The maximum absolute atomic E-state index is 10.6. The highest BCUT2D eigenvalue weighted by Gasteiger charge is 2.07. The van der Waals surface area contributed by atoms with E-state index in [-0.39, 0.29) is 4.88 Å². The number of carboxylic acid groups (broad SMARTS) is 1. The number of carboxylic acids is 1. The summed E-state index contributed by atoms with van der Waals surface area (Å²) in [6, 6.07) is 5.76. The molecule has 2 aromatic rings. The van der Waals surface area contributed by atoms with Crippen LogP contribution in [0.5, 0.6) is 0 Å². The molecule has 0 fully saturated rings. The minimum Gasteiger partial charge on any atom is -0.477 e. The van der Waals surface area contributed by atoms with Crippen molar-refractivity contribution in [3.05, 3.63) is 41.2 Å². The maximum atomic E-state index is 10.6. The average molecular weight is 249 g/mol. The van der Waals surface area contributed by atoms with E-state index < -0.39 is 5.97 Å². The predicted molar refractivity (Wildman–Crippen MR) is 65.5 cm³/mol. The summed E-state index contributed by atoms with van der Waals surface area (Å²) in [4.78, 5) is 19.1. The van der Waals surface area contributed by atoms with E-state index in [4.69, 9.17) is 5.11 Å². The molecule has 0 spiro atoms. The first-order chi connectivity index (χ1) is 8.25. The van der Waals surface area contributed by atoms with Crippen LogP contribution in [0, 0.1) is 0 Å². The monoisotopic (exact) mass is 249 g/mol. The third-order valence-electron chi connectivity index (χ3n) is 2.10. The fraction of sp³-hybridized carbons (Fsp3) is 0.182. The summed E-state index contributed by atoms with van der Waals surface area (Å²) in [5.74, 6) is -0.944. The van der Waals surface area contributed by atoms with Crippen molar-refractivity contribution in [3.8, 4) is 0 Å². The van der Waals surface area contributed by atoms with Crippen molar-refractivity contribution in [1.29, 1.82) is 0 Å². The Labute approximate surface area is 102 Å². The zero-order valence-electron chi connectivity index (χ0n) is 8.96. The molecule has 0 bridgehead atoms. The Morgan fingerprint density at radius 1 is 1.41 bits per heavy atom. The minimum absolute atomic E-state index is 0.241. The maximum Gasteiger partial charge on any atom is 0.347 e. The van der Waals surface area contributed by atoms with Gasteiger partial charge in [-0.25, -0.2) is 9.78 Å². The second-order valence-corrected chi connectivity index (χ2v) is 4.36. The number of nitrogens with zero attached hydrogens (tertiary/aromatic N) is 2. The van der Waals surface area contributed by atoms with Crippen molar-refractivity contribution in [2.75, 3.05) is 11.9 Å². The quantitative estimate of drug-likeness (QED) is 0.846. The van der Waals surface area contributed by atoms with Crippen LogP contribution in [0.1, 0.15) is 15.4 Å². The van der Waals surface area contributed by atoms with E-state index in [1.807, 2.05) is 18.2 Å². The number of thiazole rings is 1. The molecule has 2 heterocycles. The van der Waals surface area contributed by atoms with Crippen molar-refractivity contribution in [1.82, 2.24) is 9.97 Å². The molecule has 0 saturated carbocycles. The molecule has 88 valence electrons. The Balaban J connectivity index is 1.84. The number of anilines is 1. The van der Waals surface area contributed by atoms with Gasteiger partial charge >= 0.3 is 5.97 Å². The number of carbonyl (C=O) groups is 1. The summed E-state index contributed by atoms with van der Waals surface area (Å²) in [5, 5.41) is 12.4. The van der Waals surface area contributed by atoms with Gasteiger partial charge in [-0.05, 0) is 12.1 Å². The molecule has 0 aliphatic rings. The third kappa shape index (κ3) is 3.25. The average Bonchev–Trinajstić information content (AvgIpc) is 2.79. The van der Waals surface area contributed by atoms with Crippen LogP contribution in [0.2, 0.25) is 0 Å². The molecule has 0 aromatic carbocycles. The molecule has 0 amide bonds. The van der Waals surface area contributed by atoms with Crippen LogP contribution in [0.4, 0.5) is 5.13 Å². The second-order valence-electron chi connectivity index (χ2n) is 3.33. The number of nitrogens with one attached hydrogen (secondary N) is 1. The lowest BCUT2D eigenvalue weighted by Crippen LogP contribution is -2.05. The third-order valence-corrected chi connectivity index (χ3v) is 3.04. The number of aromatic nitrogens is 2. The molecule has 2 N–H and O–H groups in total. The molecule has 17 heavy (non-hydrogen) atoms. The first kappa shape index (κ1) is 11.5. The van der Waals surface area contributed by atoms with E-state index in [0.717, 1.165) is 23.5 Å². The Bertz CT molecular complexity index is 498. The number of aromatic carboxylic acids is 1. The largest absolute Gasteiger partial charge is 0.477 e. The lowest BCUT2D eigenvalue weighted by Gasteiger charge is -2.01. The normalized spacial score (nSPS) is 10.1. The highest BCUT2D eigenvalue weighted by Crippen LogP contribution is 2.17. The summed E-state index contributed by atoms with van der Waals surface area (Å²) in [6.45, 7) is 0.684. The van der Waals surface area contributed by atoms with Crippen molar-refractivity contribution in [2.24, 2.45) is 0 Å². The van der Waals surface area contributed by atoms with Crippen molar-refractivity contribution >= 4 is 22.4 Å². The summed E-state index contributed by atoms with van der Waals surface area (Å²) >= 11 is 1.13. The molecule has 2 aromatic heterocycles. The topological polar surface area (TPSA) is 75.1 Å². The van der Waals surface area contributed by atoms with Gasteiger partial charge in [0, 0.05) is 24.9 Å². The van der Waals surface area contributed by atoms with Crippen LogP contribution < -0.4 is 5.32 Å². The first-order valence-corrected chi connectivity index (χ1v) is 5.90. The van der Waals surface area contributed by atoms with Crippen LogP contribution in [0.3, 0.4) is 0 Å². The SMILES string of the molecule is O=C(O)c1cnc(NCCc2ccccn2)s1. The number of hydrogen-bond donors (Lipinski definition) is 2. The molecule has 0 unspecified atom stereocenters. The van der Waals surface area contributed by atoms with Gasteiger partial charge in [0.2, 0.25) is 0 Å². The lowest BCUT2D eigenvalue weighted by atomic mass is 10.3. The molecule has 6 heteroatoms. The highest BCUT2D eigenvalue weighted by atomic mass is 32.1. The van der Waals surface area contributed by atoms with Gasteiger partial charge in [0.1, 0.15) is 4.88 Å². The predicted octanol–water partition coefficient (Wildman–Crippen LogP) is 1.89. The summed E-state index contributed by atoms with van der Waals surface area (Å²) in [5.41, 5.74) is 0.995. The molecule has 0 atom stereocenters. The zero-order valence-corrected chi connectivity index (χ0v) is 9.78. The van der Waals surface area contributed by atoms with Gasteiger partial charge in [-0.2, -0.15) is 0 Å². The van der Waals surface area contributed by atoms with Crippen LogP contribution in [-0.4, -0.2) is 27.6 Å². The second kappa shape index (κ2) is 5.40. The van der Waals surface area contributed by atoms with Crippen LogP contribution >= 0.6 is 11.3 Å². The van der Waals surface area contributed by atoms with E-state index in [0.29, 0.717) is 11.7 Å². The highest BCUT2D eigenvalue weighted by molar-refractivity contribution is 7.17. The van der Waals surface area contributed by atoms with Gasteiger partial charge in [-0.15, -0.1) is 0 Å².